The zero-order valence-corrected chi connectivity index (χ0v) is 14.6. The topological polar surface area (TPSA) is 69.3 Å². The van der Waals surface area contributed by atoms with Gasteiger partial charge in [-0.25, -0.2) is 4.98 Å². The number of carbonyl (C=O) groups is 1. The molecule has 1 aromatic heterocycles. The van der Waals surface area contributed by atoms with Crippen LogP contribution in [0.3, 0.4) is 0 Å². The minimum atomic E-state index is -0.150. The summed E-state index contributed by atoms with van der Waals surface area (Å²) in [6, 6.07) is 15.6. The molecule has 1 aliphatic rings. The molecular formula is C20H20N4O2. The number of anilines is 1. The highest BCUT2D eigenvalue weighted by Gasteiger charge is 2.24. The van der Waals surface area contributed by atoms with Crippen molar-refractivity contribution in [3.63, 3.8) is 0 Å². The number of nitrogens with one attached hydrogen (secondary N) is 1. The maximum Gasteiger partial charge on any atom is 0.258 e. The molecule has 6 nitrogen and oxygen atoms in total. The van der Waals surface area contributed by atoms with Gasteiger partial charge in [0.05, 0.1) is 17.4 Å². The highest BCUT2D eigenvalue weighted by atomic mass is 16.2. The number of benzene rings is 2. The highest BCUT2D eigenvalue weighted by Crippen LogP contribution is 2.21. The smallest absolute Gasteiger partial charge is 0.258 e. The molecule has 1 saturated heterocycles. The Balaban J connectivity index is 1.53. The number of nitrogens with zero attached hydrogens (tertiary/aromatic N) is 3. The van der Waals surface area contributed by atoms with E-state index < -0.39 is 0 Å². The fraction of sp³-hybridized carbons (Fsp3) is 0.250. The first kappa shape index (κ1) is 16.3. The Kier molecular flexibility index (Phi) is 4.16. The van der Waals surface area contributed by atoms with E-state index in [0.29, 0.717) is 36.4 Å². The van der Waals surface area contributed by atoms with Crippen LogP contribution in [0.15, 0.2) is 53.3 Å². The van der Waals surface area contributed by atoms with Crippen molar-refractivity contribution in [3.8, 4) is 0 Å². The van der Waals surface area contributed by atoms with Crippen LogP contribution in [0.25, 0.3) is 10.9 Å². The van der Waals surface area contributed by atoms with E-state index in [1.54, 1.807) is 6.92 Å². The fourth-order valence-electron chi connectivity index (χ4n) is 3.34. The fourth-order valence-corrected chi connectivity index (χ4v) is 3.34. The van der Waals surface area contributed by atoms with Crippen LogP contribution in [0.1, 0.15) is 11.4 Å². The Bertz CT molecular complexity index is 1010. The van der Waals surface area contributed by atoms with Crippen LogP contribution in [0.5, 0.6) is 0 Å². The second kappa shape index (κ2) is 6.63. The summed E-state index contributed by atoms with van der Waals surface area (Å²) in [5.41, 5.74) is 2.53. The number of piperazine rings is 1. The van der Waals surface area contributed by atoms with Gasteiger partial charge < -0.3 is 14.8 Å². The molecule has 0 bridgehead atoms. The lowest BCUT2D eigenvalue weighted by molar-refractivity contribution is -0.131. The van der Waals surface area contributed by atoms with Crippen LogP contribution in [-0.2, 0) is 11.3 Å². The maximum atomic E-state index is 12.6. The summed E-state index contributed by atoms with van der Waals surface area (Å²) >= 11 is 0. The number of H-pyrrole nitrogens is 1. The first-order valence-electron chi connectivity index (χ1n) is 8.67. The normalized spacial score (nSPS) is 14.9. The van der Waals surface area contributed by atoms with Gasteiger partial charge in [-0.15, -0.1) is 0 Å². The number of rotatable bonds is 3. The molecule has 0 radical (unpaired) electrons. The van der Waals surface area contributed by atoms with Gasteiger partial charge in [0.25, 0.3) is 5.56 Å². The number of aromatic nitrogens is 2. The molecule has 26 heavy (non-hydrogen) atoms. The van der Waals surface area contributed by atoms with Gasteiger partial charge in [-0.3, -0.25) is 9.59 Å². The quantitative estimate of drug-likeness (QED) is 0.787. The minimum Gasteiger partial charge on any atom is -0.360 e. The summed E-state index contributed by atoms with van der Waals surface area (Å²) in [6.07, 6.45) is 0. The average Bonchev–Trinajstić information content (AvgIpc) is 2.64. The standard InChI is InChI=1S/C20H20N4O2/c1-14-21-18-8-7-16(11-17(18)20(26)22-14)23-9-10-24(19(25)13-23)12-15-5-3-2-4-6-15/h2-8,11H,9-10,12-13H2,1H3,(H,21,22,26). The first-order chi connectivity index (χ1) is 12.6. The number of amides is 1. The van der Waals surface area contributed by atoms with E-state index in [2.05, 4.69) is 9.97 Å². The van der Waals surface area contributed by atoms with Gasteiger partial charge in [-0.1, -0.05) is 30.3 Å². The third kappa shape index (κ3) is 3.18. The van der Waals surface area contributed by atoms with Crippen molar-refractivity contribution in [3.05, 3.63) is 70.3 Å². The molecular weight excluding hydrogens is 328 g/mol. The van der Waals surface area contributed by atoms with Crippen molar-refractivity contribution < 1.29 is 4.79 Å². The Morgan fingerprint density at radius 3 is 2.65 bits per heavy atom. The van der Waals surface area contributed by atoms with Gasteiger partial charge in [-0.2, -0.15) is 0 Å². The van der Waals surface area contributed by atoms with E-state index in [4.69, 9.17) is 0 Å². The van der Waals surface area contributed by atoms with Crippen LogP contribution in [0.4, 0.5) is 5.69 Å². The summed E-state index contributed by atoms with van der Waals surface area (Å²) in [4.78, 5) is 35.7. The summed E-state index contributed by atoms with van der Waals surface area (Å²) in [6.45, 7) is 4.11. The third-order valence-electron chi connectivity index (χ3n) is 4.71. The van der Waals surface area contributed by atoms with Crippen molar-refractivity contribution in [2.45, 2.75) is 13.5 Å². The molecule has 6 heteroatoms. The van der Waals surface area contributed by atoms with Crippen LogP contribution in [0.2, 0.25) is 0 Å². The van der Waals surface area contributed by atoms with E-state index >= 15 is 0 Å². The molecule has 4 rings (SSSR count). The van der Waals surface area contributed by atoms with Crippen LogP contribution in [-0.4, -0.2) is 40.4 Å². The van der Waals surface area contributed by atoms with Crippen molar-refractivity contribution in [1.82, 2.24) is 14.9 Å². The van der Waals surface area contributed by atoms with Gasteiger partial charge in [-0.05, 0) is 30.7 Å². The molecule has 0 unspecified atom stereocenters. The van der Waals surface area contributed by atoms with Crippen LogP contribution in [0, 0.1) is 6.92 Å². The molecule has 3 aromatic rings. The van der Waals surface area contributed by atoms with Gasteiger partial charge in [0, 0.05) is 25.3 Å². The van der Waals surface area contributed by atoms with Gasteiger partial charge in [0.15, 0.2) is 0 Å². The SMILES string of the molecule is Cc1nc2ccc(N3CCN(Cc4ccccc4)C(=O)C3)cc2c(=O)[nH]1. The molecule has 2 heterocycles. The van der Waals surface area contributed by atoms with Crippen molar-refractivity contribution in [1.29, 1.82) is 0 Å². The Morgan fingerprint density at radius 2 is 1.88 bits per heavy atom. The lowest BCUT2D eigenvalue weighted by Gasteiger charge is -2.35. The lowest BCUT2D eigenvalue weighted by atomic mass is 10.1. The summed E-state index contributed by atoms with van der Waals surface area (Å²) in [5, 5.41) is 0.548. The Hall–Kier alpha value is -3.15. The van der Waals surface area contributed by atoms with Gasteiger partial charge >= 0.3 is 0 Å². The van der Waals surface area contributed by atoms with Crippen molar-refractivity contribution >= 4 is 22.5 Å². The van der Waals surface area contributed by atoms with E-state index in [1.807, 2.05) is 58.3 Å². The first-order valence-corrected chi connectivity index (χ1v) is 8.67. The molecule has 1 fully saturated rings. The number of hydrogen-bond acceptors (Lipinski definition) is 4. The molecule has 1 N–H and O–H groups in total. The van der Waals surface area contributed by atoms with Crippen molar-refractivity contribution in [2.24, 2.45) is 0 Å². The predicted octanol–water partition coefficient (Wildman–Crippen LogP) is 2.08. The second-order valence-corrected chi connectivity index (χ2v) is 6.58. The Morgan fingerprint density at radius 1 is 1.08 bits per heavy atom. The molecule has 0 spiro atoms. The minimum absolute atomic E-state index is 0.0936. The second-order valence-electron chi connectivity index (χ2n) is 6.58. The number of carbonyl (C=O) groups excluding carboxylic acids is 1. The summed E-state index contributed by atoms with van der Waals surface area (Å²) in [5.74, 6) is 0.691. The number of hydrogen-bond donors (Lipinski definition) is 1. The van der Waals surface area contributed by atoms with E-state index in [9.17, 15) is 9.59 Å². The summed E-state index contributed by atoms with van der Waals surface area (Å²) < 4.78 is 0. The van der Waals surface area contributed by atoms with Crippen molar-refractivity contribution in [2.75, 3.05) is 24.5 Å². The van der Waals surface area contributed by atoms with E-state index in [0.717, 1.165) is 17.8 Å². The summed E-state index contributed by atoms with van der Waals surface area (Å²) in [7, 11) is 0. The number of aryl methyl sites for hydroxylation is 1. The van der Waals surface area contributed by atoms with Crippen LogP contribution < -0.4 is 10.5 Å². The maximum absolute atomic E-state index is 12.6. The predicted molar refractivity (Wildman–Crippen MR) is 101 cm³/mol. The number of fused-ring (bicyclic) bond motifs is 1. The van der Waals surface area contributed by atoms with E-state index in [-0.39, 0.29) is 11.5 Å². The molecule has 0 aliphatic carbocycles. The Labute approximate surface area is 151 Å². The molecule has 132 valence electrons. The van der Waals surface area contributed by atoms with Gasteiger partial charge in [0.1, 0.15) is 5.82 Å². The van der Waals surface area contributed by atoms with Gasteiger partial charge in [0.2, 0.25) is 5.91 Å². The molecule has 1 amide bonds. The molecule has 2 aromatic carbocycles. The molecule has 1 aliphatic heterocycles. The lowest BCUT2D eigenvalue weighted by Crippen LogP contribution is -2.50. The van der Waals surface area contributed by atoms with E-state index in [1.165, 1.54) is 0 Å². The molecule has 0 atom stereocenters. The van der Waals surface area contributed by atoms with Crippen LogP contribution >= 0.6 is 0 Å². The monoisotopic (exact) mass is 348 g/mol. The zero-order chi connectivity index (χ0) is 18.1. The largest absolute Gasteiger partial charge is 0.360 e. The number of aromatic amines is 1. The zero-order valence-electron chi connectivity index (χ0n) is 14.6. The molecule has 0 saturated carbocycles. The highest BCUT2D eigenvalue weighted by molar-refractivity contribution is 5.86. The average molecular weight is 348 g/mol. The third-order valence-corrected chi connectivity index (χ3v) is 4.71.